The summed E-state index contributed by atoms with van der Waals surface area (Å²) in [5.41, 5.74) is 0.887. The number of benzene rings is 1. The van der Waals surface area contributed by atoms with Crippen LogP contribution in [0.15, 0.2) is 29.3 Å². The number of nitrogens with one attached hydrogen (secondary N) is 1. The van der Waals surface area contributed by atoms with E-state index in [9.17, 15) is 4.79 Å². The highest BCUT2D eigenvalue weighted by Crippen LogP contribution is 2.33. The Balaban J connectivity index is 1.90. The van der Waals surface area contributed by atoms with E-state index in [0.717, 1.165) is 15.4 Å². The molecule has 1 aromatic carbocycles. The summed E-state index contributed by atoms with van der Waals surface area (Å²) in [4.78, 5) is 17.4. The highest BCUT2D eigenvalue weighted by atomic mass is 35.5. The second-order valence-electron chi connectivity index (χ2n) is 4.05. The van der Waals surface area contributed by atoms with Crippen LogP contribution in [0.25, 0.3) is 16.6 Å². The number of hydrogen-bond acceptors (Lipinski definition) is 5. The summed E-state index contributed by atoms with van der Waals surface area (Å²) < 4.78 is 0.473. The van der Waals surface area contributed by atoms with E-state index in [1.54, 1.807) is 24.4 Å². The number of thiazole rings is 1. The van der Waals surface area contributed by atoms with Gasteiger partial charge in [-0.2, -0.15) is 0 Å². The molecule has 8 heteroatoms. The molecular weight excluding hydrogens is 367 g/mol. The highest BCUT2D eigenvalue weighted by molar-refractivity contribution is 8.26. The molecule has 1 N–H and O–H groups in total. The Bertz CT molecular complexity index is 785. The molecule has 0 unspecified atom stereocenters. The average molecular weight is 373 g/mol. The van der Waals surface area contributed by atoms with Gasteiger partial charge in [-0.15, -0.1) is 11.3 Å². The molecule has 2 aromatic rings. The molecule has 21 heavy (non-hydrogen) atoms. The van der Waals surface area contributed by atoms with Crippen molar-refractivity contribution < 1.29 is 4.79 Å². The Morgan fingerprint density at radius 3 is 2.76 bits per heavy atom. The maximum atomic E-state index is 11.6. The standard InChI is InChI=1S/C13H6Cl2N2OS3/c14-8-2-1-6(3-9(8)15)12-16-5-7(20-12)4-10-11(18)17-13(19)21-10/h1-5H,(H,17,18,19)/b10-4-. The van der Waals surface area contributed by atoms with Crippen molar-refractivity contribution in [3.63, 3.8) is 0 Å². The summed E-state index contributed by atoms with van der Waals surface area (Å²) >= 11 is 19.6. The third-order valence-corrected chi connectivity index (χ3v) is 5.50. The molecule has 0 saturated carbocycles. The van der Waals surface area contributed by atoms with Gasteiger partial charge in [0.05, 0.1) is 15.0 Å². The van der Waals surface area contributed by atoms with E-state index < -0.39 is 0 Å². The van der Waals surface area contributed by atoms with Crippen molar-refractivity contribution >= 4 is 74.8 Å². The van der Waals surface area contributed by atoms with E-state index in [2.05, 4.69) is 10.3 Å². The molecule has 0 aliphatic carbocycles. The largest absolute Gasteiger partial charge is 0.307 e. The molecule has 3 rings (SSSR count). The van der Waals surface area contributed by atoms with Crippen LogP contribution in [0.1, 0.15) is 4.88 Å². The highest BCUT2D eigenvalue weighted by Gasteiger charge is 2.22. The Morgan fingerprint density at radius 2 is 2.10 bits per heavy atom. The van der Waals surface area contributed by atoms with Gasteiger partial charge >= 0.3 is 0 Å². The van der Waals surface area contributed by atoms with E-state index in [-0.39, 0.29) is 5.91 Å². The Morgan fingerprint density at radius 1 is 1.29 bits per heavy atom. The van der Waals surface area contributed by atoms with Gasteiger partial charge in [0.1, 0.15) is 9.33 Å². The first kappa shape index (κ1) is 15.0. The Kier molecular flexibility index (Phi) is 4.33. The Labute approximate surface area is 144 Å². The first-order chi connectivity index (χ1) is 10.0. The quantitative estimate of drug-likeness (QED) is 0.617. The van der Waals surface area contributed by atoms with E-state index in [4.69, 9.17) is 35.4 Å². The number of aromatic nitrogens is 1. The normalized spacial score (nSPS) is 16.6. The van der Waals surface area contributed by atoms with Crippen LogP contribution in [-0.2, 0) is 4.79 Å². The molecule has 3 nitrogen and oxygen atoms in total. The fourth-order valence-electron chi connectivity index (χ4n) is 1.67. The molecule has 1 amide bonds. The molecule has 1 aromatic heterocycles. The van der Waals surface area contributed by atoms with Crippen LogP contribution in [0.3, 0.4) is 0 Å². The summed E-state index contributed by atoms with van der Waals surface area (Å²) in [7, 11) is 0. The number of nitrogens with zero attached hydrogens (tertiary/aromatic N) is 1. The average Bonchev–Trinajstić information content (AvgIpc) is 3.01. The van der Waals surface area contributed by atoms with Crippen LogP contribution in [-0.4, -0.2) is 15.2 Å². The molecule has 0 atom stereocenters. The zero-order chi connectivity index (χ0) is 15.0. The SMILES string of the molecule is O=C1NC(=S)S/C1=C\c1cnc(-c2ccc(Cl)c(Cl)c2)s1. The van der Waals surface area contributed by atoms with Crippen molar-refractivity contribution in [3.05, 3.63) is 44.2 Å². The maximum absolute atomic E-state index is 11.6. The number of amides is 1. The van der Waals surface area contributed by atoms with Crippen LogP contribution in [0, 0.1) is 0 Å². The monoisotopic (exact) mass is 372 g/mol. The van der Waals surface area contributed by atoms with Gasteiger partial charge in [-0.05, 0) is 18.2 Å². The van der Waals surface area contributed by atoms with Crippen LogP contribution < -0.4 is 5.32 Å². The van der Waals surface area contributed by atoms with E-state index in [1.165, 1.54) is 23.1 Å². The predicted octanol–water partition coefficient (Wildman–Crippen LogP) is 4.61. The molecule has 1 aliphatic heterocycles. The molecule has 0 bridgehead atoms. The number of carbonyl (C=O) groups excluding carboxylic acids is 1. The van der Waals surface area contributed by atoms with Gasteiger partial charge < -0.3 is 5.32 Å². The molecule has 1 aliphatic rings. The third-order valence-electron chi connectivity index (χ3n) is 2.61. The molecule has 1 fully saturated rings. The Hall–Kier alpha value is -0.920. The number of halogens is 2. The summed E-state index contributed by atoms with van der Waals surface area (Å²) in [6.45, 7) is 0. The lowest BCUT2D eigenvalue weighted by Gasteiger charge is -1.98. The molecule has 2 heterocycles. The summed E-state index contributed by atoms with van der Waals surface area (Å²) in [6.07, 6.45) is 3.49. The zero-order valence-electron chi connectivity index (χ0n) is 10.2. The number of thiocarbonyl (C=S) groups is 1. The topological polar surface area (TPSA) is 42.0 Å². The zero-order valence-corrected chi connectivity index (χ0v) is 14.2. The minimum atomic E-state index is -0.172. The van der Waals surface area contributed by atoms with Crippen LogP contribution in [0.5, 0.6) is 0 Å². The van der Waals surface area contributed by atoms with E-state index in [0.29, 0.717) is 19.3 Å². The minimum absolute atomic E-state index is 0.172. The molecule has 106 valence electrons. The molecule has 1 saturated heterocycles. The van der Waals surface area contributed by atoms with Crippen LogP contribution in [0.2, 0.25) is 10.0 Å². The van der Waals surface area contributed by atoms with Crippen molar-refractivity contribution in [2.24, 2.45) is 0 Å². The van der Waals surface area contributed by atoms with Gasteiger partial charge in [0.15, 0.2) is 0 Å². The smallest absolute Gasteiger partial charge is 0.263 e. The second-order valence-corrected chi connectivity index (χ2v) is 7.64. The van der Waals surface area contributed by atoms with Gasteiger partial charge in [-0.1, -0.05) is 53.2 Å². The number of carbonyl (C=O) groups is 1. The minimum Gasteiger partial charge on any atom is -0.307 e. The first-order valence-corrected chi connectivity index (χ1v) is 8.49. The van der Waals surface area contributed by atoms with Crippen LogP contribution in [0.4, 0.5) is 0 Å². The summed E-state index contributed by atoms with van der Waals surface area (Å²) in [6, 6.07) is 5.36. The van der Waals surface area contributed by atoms with Crippen molar-refractivity contribution in [3.8, 4) is 10.6 Å². The second kappa shape index (κ2) is 6.06. The fourth-order valence-corrected chi connectivity index (χ4v) is 3.93. The predicted molar refractivity (Wildman–Crippen MR) is 93.9 cm³/mol. The van der Waals surface area contributed by atoms with E-state index >= 15 is 0 Å². The lowest BCUT2D eigenvalue weighted by atomic mass is 10.2. The van der Waals surface area contributed by atoms with Crippen molar-refractivity contribution in [1.82, 2.24) is 10.3 Å². The number of thioether (sulfide) groups is 1. The van der Waals surface area contributed by atoms with Gasteiger partial charge in [-0.3, -0.25) is 4.79 Å². The third kappa shape index (κ3) is 3.30. The van der Waals surface area contributed by atoms with Gasteiger partial charge in [0, 0.05) is 16.6 Å². The van der Waals surface area contributed by atoms with Crippen molar-refractivity contribution in [2.45, 2.75) is 0 Å². The van der Waals surface area contributed by atoms with Gasteiger partial charge in [0.2, 0.25) is 0 Å². The van der Waals surface area contributed by atoms with Crippen LogP contribution >= 0.6 is 58.5 Å². The van der Waals surface area contributed by atoms with Gasteiger partial charge in [0.25, 0.3) is 5.91 Å². The van der Waals surface area contributed by atoms with Crippen molar-refractivity contribution in [1.29, 1.82) is 0 Å². The molecular formula is C13H6Cl2N2OS3. The van der Waals surface area contributed by atoms with Gasteiger partial charge in [-0.25, -0.2) is 4.98 Å². The number of hydrogen-bond donors (Lipinski definition) is 1. The van der Waals surface area contributed by atoms with Crippen molar-refractivity contribution in [2.75, 3.05) is 0 Å². The first-order valence-electron chi connectivity index (χ1n) is 5.69. The lowest BCUT2D eigenvalue weighted by Crippen LogP contribution is -2.17. The summed E-state index contributed by atoms with van der Waals surface area (Å²) in [5, 5.41) is 4.38. The lowest BCUT2D eigenvalue weighted by molar-refractivity contribution is -0.115. The summed E-state index contributed by atoms with van der Waals surface area (Å²) in [5.74, 6) is -0.172. The maximum Gasteiger partial charge on any atom is 0.263 e. The molecule has 0 radical (unpaired) electrons. The van der Waals surface area contributed by atoms with E-state index in [1.807, 2.05) is 6.07 Å². The number of rotatable bonds is 2. The fraction of sp³-hybridized carbons (Fsp3) is 0. The molecule has 0 spiro atoms.